The number of hydrogen-bond donors (Lipinski definition) is 0. The van der Waals surface area contributed by atoms with E-state index in [-0.39, 0.29) is 17.5 Å². The number of halogens is 3. The summed E-state index contributed by atoms with van der Waals surface area (Å²) in [5.41, 5.74) is 0.930. The third kappa shape index (κ3) is 3.44. The van der Waals surface area contributed by atoms with E-state index < -0.39 is 5.82 Å². The molecule has 0 spiro atoms. The molecule has 0 aliphatic heterocycles. The van der Waals surface area contributed by atoms with Gasteiger partial charge in [0.2, 0.25) is 0 Å². The fraction of sp³-hybridized carbons (Fsp3) is 0.188. The Bertz CT molecular complexity index is 657. The van der Waals surface area contributed by atoms with E-state index in [9.17, 15) is 9.18 Å². The summed E-state index contributed by atoms with van der Waals surface area (Å²) in [4.78, 5) is 14.0. The summed E-state index contributed by atoms with van der Waals surface area (Å²) in [6.07, 6.45) is 0. The molecule has 0 radical (unpaired) electrons. The SMILES string of the molecule is CC(c1cccc(Cl)c1)N(C)C(=O)c1c(F)cccc1Br. The van der Waals surface area contributed by atoms with Gasteiger partial charge in [0, 0.05) is 16.5 Å². The maximum absolute atomic E-state index is 13.9. The summed E-state index contributed by atoms with van der Waals surface area (Å²) < 4.78 is 14.3. The van der Waals surface area contributed by atoms with Gasteiger partial charge in [-0.25, -0.2) is 4.39 Å². The molecule has 0 aliphatic carbocycles. The Morgan fingerprint density at radius 2 is 1.95 bits per heavy atom. The van der Waals surface area contributed by atoms with E-state index in [0.29, 0.717) is 9.50 Å². The molecule has 5 heteroatoms. The van der Waals surface area contributed by atoms with E-state index in [1.54, 1.807) is 31.3 Å². The Balaban J connectivity index is 2.31. The first kappa shape index (κ1) is 16.0. The van der Waals surface area contributed by atoms with Crippen LogP contribution >= 0.6 is 27.5 Å². The molecular formula is C16H14BrClFNO. The van der Waals surface area contributed by atoms with E-state index in [4.69, 9.17) is 11.6 Å². The van der Waals surface area contributed by atoms with Gasteiger partial charge in [-0.15, -0.1) is 0 Å². The Kier molecular flexibility index (Phi) is 5.01. The van der Waals surface area contributed by atoms with Crippen LogP contribution in [0.3, 0.4) is 0 Å². The first-order valence-corrected chi connectivity index (χ1v) is 7.55. The lowest BCUT2D eigenvalue weighted by atomic mass is 10.1. The molecule has 0 saturated carbocycles. The lowest BCUT2D eigenvalue weighted by Gasteiger charge is -2.26. The van der Waals surface area contributed by atoms with Gasteiger partial charge in [0.1, 0.15) is 5.82 Å². The van der Waals surface area contributed by atoms with Gasteiger partial charge in [-0.3, -0.25) is 4.79 Å². The van der Waals surface area contributed by atoms with E-state index in [1.807, 2.05) is 19.1 Å². The van der Waals surface area contributed by atoms with Crippen molar-refractivity contribution in [2.75, 3.05) is 7.05 Å². The van der Waals surface area contributed by atoms with Gasteiger partial charge in [-0.2, -0.15) is 0 Å². The quantitative estimate of drug-likeness (QED) is 0.738. The van der Waals surface area contributed by atoms with Gasteiger partial charge < -0.3 is 4.90 Å². The minimum atomic E-state index is -0.542. The zero-order valence-corrected chi connectivity index (χ0v) is 14.0. The molecule has 21 heavy (non-hydrogen) atoms. The normalized spacial score (nSPS) is 12.0. The predicted octanol–water partition coefficient (Wildman–Crippen LogP) is 5.07. The Labute approximate surface area is 136 Å². The van der Waals surface area contributed by atoms with Gasteiger partial charge in [0.25, 0.3) is 5.91 Å². The standard InChI is InChI=1S/C16H14BrClFNO/c1-10(11-5-3-6-12(18)9-11)20(2)16(21)15-13(17)7-4-8-14(15)19/h3-10H,1-2H3. The van der Waals surface area contributed by atoms with E-state index in [1.165, 1.54) is 11.0 Å². The molecule has 2 aromatic rings. The molecule has 0 saturated heterocycles. The lowest BCUT2D eigenvalue weighted by molar-refractivity contribution is 0.0737. The number of carbonyl (C=O) groups excluding carboxylic acids is 1. The smallest absolute Gasteiger partial charge is 0.258 e. The molecule has 1 unspecified atom stereocenters. The van der Waals surface area contributed by atoms with Crippen LogP contribution in [-0.4, -0.2) is 17.9 Å². The van der Waals surface area contributed by atoms with Crippen LogP contribution in [-0.2, 0) is 0 Å². The van der Waals surface area contributed by atoms with Crippen LogP contribution in [0.15, 0.2) is 46.9 Å². The average molecular weight is 371 g/mol. The monoisotopic (exact) mass is 369 g/mol. The van der Waals surface area contributed by atoms with Crippen LogP contribution < -0.4 is 0 Å². The van der Waals surface area contributed by atoms with Crippen molar-refractivity contribution in [1.82, 2.24) is 4.90 Å². The third-order valence-electron chi connectivity index (χ3n) is 3.41. The highest BCUT2D eigenvalue weighted by atomic mass is 79.9. The summed E-state index contributed by atoms with van der Waals surface area (Å²) in [5.74, 6) is -0.924. The van der Waals surface area contributed by atoms with Crippen molar-refractivity contribution in [1.29, 1.82) is 0 Å². The maximum atomic E-state index is 13.9. The molecule has 0 bridgehead atoms. The lowest BCUT2D eigenvalue weighted by Crippen LogP contribution is -2.30. The number of hydrogen-bond acceptors (Lipinski definition) is 1. The summed E-state index contributed by atoms with van der Waals surface area (Å²) in [5, 5.41) is 0.604. The van der Waals surface area contributed by atoms with Crippen molar-refractivity contribution in [3.8, 4) is 0 Å². The van der Waals surface area contributed by atoms with Crippen LogP contribution in [0.25, 0.3) is 0 Å². The second-order valence-corrected chi connectivity index (χ2v) is 6.03. The molecule has 1 atom stereocenters. The number of rotatable bonds is 3. The van der Waals surface area contributed by atoms with Crippen molar-refractivity contribution in [3.05, 3.63) is 68.9 Å². The molecule has 0 heterocycles. The maximum Gasteiger partial charge on any atom is 0.258 e. The van der Waals surface area contributed by atoms with E-state index in [0.717, 1.165) is 5.56 Å². The highest BCUT2D eigenvalue weighted by Crippen LogP contribution is 2.26. The van der Waals surface area contributed by atoms with Crippen molar-refractivity contribution in [2.45, 2.75) is 13.0 Å². The summed E-state index contributed by atoms with van der Waals surface area (Å²) >= 11 is 9.19. The molecule has 2 rings (SSSR count). The molecule has 0 fully saturated rings. The Morgan fingerprint density at radius 3 is 2.57 bits per heavy atom. The summed E-state index contributed by atoms with van der Waals surface area (Å²) in [6, 6.07) is 11.5. The molecule has 110 valence electrons. The number of carbonyl (C=O) groups is 1. The van der Waals surface area contributed by atoms with Crippen LogP contribution in [0.1, 0.15) is 28.9 Å². The van der Waals surface area contributed by atoms with Gasteiger partial charge in [-0.1, -0.05) is 29.8 Å². The van der Waals surface area contributed by atoms with Crippen LogP contribution in [0.5, 0.6) is 0 Å². The van der Waals surface area contributed by atoms with Gasteiger partial charge in [0.15, 0.2) is 0 Å². The third-order valence-corrected chi connectivity index (χ3v) is 4.30. The van der Waals surface area contributed by atoms with Crippen molar-refractivity contribution < 1.29 is 9.18 Å². The van der Waals surface area contributed by atoms with E-state index in [2.05, 4.69) is 15.9 Å². The van der Waals surface area contributed by atoms with Crippen molar-refractivity contribution in [2.24, 2.45) is 0 Å². The zero-order valence-electron chi connectivity index (χ0n) is 11.6. The van der Waals surface area contributed by atoms with Gasteiger partial charge >= 0.3 is 0 Å². The second-order valence-electron chi connectivity index (χ2n) is 4.74. The van der Waals surface area contributed by atoms with Gasteiger partial charge in [0.05, 0.1) is 11.6 Å². The molecule has 0 aromatic heterocycles. The topological polar surface area (TPSA) is 20.3 Å². The fourth-order valence-electron chi connectivity index (χ4n) is 2.04. The van der Waals surface area contributed by atoms with Crippen LogP contribution in [0.2, 0.25) is 5.02 Å². The molecule has 0 N–H and O–H groups in total. The van der Waals surface area contributed by atoms with Crippen molar-refractivity contribution in [3.63, 3.8) is 0 Å². The van der Waals surface area contributed by atoms with Crippen LogP contribution in [0, 0.1) is 5.82 Å². The molecule has 1 amide bonds. The Hall–Kier alpha value is -1.39. The Morgan fingerprint density at radius 1 is 1.29 bits per heavy atom. The molecular weight excluding hydrogens is 357 g/mol. The molecule has 2 nitrogen and oxygen atoms in total. The molecule has 2 aromatic carbocycles. The first-order chi connectivity index (χ1) is 9.91. The number of nitrogens with zero attached hydrogens (tertiary/aromatic N) is 1. The molecule has 0 aliphatic rings. The predicted molar refractivity (Wildman–Crippen MR) is 86.1 cm³/mol. The highest BCUT2D eigenvalue weighted by Gasteiger charge is 2.23. The highest BCUT2D eigenvalue weighted by molar-refractivity contribution is 9.10. The fourth-order valence-corrected chi connectivity index (χ4v) is 2.75. The number of benzene rings is 2. The first-order valence-electron chi connectivity index (χ1n) is 6.38. The average Bonchev–Trinajstić information content (AvgIpc) is 2.45. The minimum Gasteiger partial charge on any atom is -0.335 e. The van der Waals surface area contributed by atoms with Crippen LogP contribution in [0.4, 0.5) is 4.39 Å². The van der Waals surface area contributed by atoms with E-state index >= 15 is 0 Å². The summed E-state index contributed by atoms with van der Waals surface area (Å²) in [7, 11) is 1.65. The zero-order chi connectivity index (χ0) is 15.6. The minimum absolute atomic E-state index is 0.0360. The number of amides is 1. The second kappa shape index (κ2) is 6.58. The summed E-state index contributed by atoms with van der Waals surface area (Å²) in [6.45, 7) is 1.87. The largest absolute Gasteiger partial charge is 0.335 e. The van der Waals surface area contributed by atoms with Crippen molar-refractivity contribution >= 4 is 33.4 Å². The van der Waals surface area contributed by atoms with Gasteiger partial charge in [-0.05, 0) is 52.7 Å².